The highest BCUT2D eigenvalue weighted by atomic mass is 16.5. The minimum absolute atomic E-state index is 0.130. The van der Waals surface area contributed by atoms with Crippen molar-refractivity contribution >= 4 is 17.3 Å². The summed E-state index contributed by atoms with van der Waals surface area (Å²) in [7, 11) is 3.90. The van der Waals surface area contributed by atoms with E-state index in [0.29, 0.717) is 36.7 Å². The van der Waals surface area contributed by atoms with Crippen molar-refractivity contribution in [1.82, 2.24) is 9.80 Å². The molecule has 0 bridgehead atoms. The molecule has 6 nitrogen and oxygen atoms in total. The molecule has 0 atom stereocenters. The Morgan fingerprint density at radius 2 is 1.83 bits per heavy atom. The zero-order valence-corrected chi connectivity index (χ0v) is 22.2. The summed E-state index contributed by atoms with van der Waals surface area (Å²) in [6, 6.07) is 7.87. The monoisotopic (exact) mass is 479 g/mol. The third-order valence-electron chi connectivity index (χ3n) is 8.00. The number of likely N-dealkylation sites (tertiary alicyclic amines) is 2. The van der Waals surface area contributed by atoms with Crippen LogP contribution in [0.25, 0.3) is 5.70 Å². The molecule has 190 valence electrons. The number of nitriles is 1. The van der Waals surface area contributed by atoms with Gasteiger partial charge in [-0.3, -0.25) is 9.59 Å². The standard InChI is InChI=1S/C29H41N3O3/c1-21-9-10-24(27(34)8-6-7-23-11-15-31(4)16-12-23)19-25(21)28(26(20-30)22(2)33)32-17-13-29(3,35-5)14-18-32/h9-10,19,23H,6-8,11-18H2,1-5H3/b28-26+. The fourth-order valence-corrected chi connectivity index (χ4v) is 5.27. The number of benzene rings is 1. The lowest BCUT2D eigenvalue weighted by molar-refractivity contribution is -0.113. The van der Waals surface area contributed by atoms with Crippen LogP contribution in [0, 0.1) is 24.2 Å². The molecule has 0 saturated carbocycles. The highest BCUT2D eigenvalue weighted by molar-refractivity contribution is 6.05. The summed E-state index contributed by atoms with van der Waals surface area (Å²) in [5.74, 6) is 0.593. The lowest BCUT2D eigenvalue weighted by Gasteiger charge is -2.41. The van der Waals surface area contributed by atoms with Gasteiger partial charge in [0.1, 0.15) is 11.6 Å². The summed E-state index contributed by atoms with van der Waals surface area (Å²) >= 11 is 0. The molecular formula is C29H41N3O3. The number of hydrogen-bond acceptors (Lipinski definition) is 6. The molecule has 0 spiro atoms. The first-order chi connectivity index (χ1) is 16.7. The van der Waals surface area contributed by atoms with Gasteiger partial charge in [0, 0.05) is 37.7 Å². The Labute approximate surface area is 210 Å². The van der Waals surface area contributed by atoms with Gasteiger partial charge in [0.25, 0.3) is 0 Å². The van der Waals surface area contributed by atoms with Crippen molar-refractivity contribution in [2.45, 2.75) is 71.3 Å². The number of methoxy groups -OCH3 is 1. The SMILES string of the molecule is COC1(C)CCN(/C(=C(\C#N)C(C)=O)c2cc(C(=O)CCCC3CCN(C)CC3)ccc2C)CC1. The van der Waals surface area contributed by atoms with Crippen molar-refractivity contribution < 1.29 is 14.3 Å². The Kier molecular flexibility index (Phi) is 9.27. The van der Waals surface area contributed by atoms with Crippen molar-refractivity contribution in [1.29, 1.82) is 5.26 Å². The Bertz CT molecular complexity index is 991. The van der Waals surface area contributed by atoms with Crippen molar-refractivity contribution in [3.8, 4) is 6.07 Å². The number of ketones is 2. The van der Waals surface area contributed by atoms with Gasteiger partial charge in [-0.25, -0.2) is 0 Å². The first-order valence-electron chi connectivity index (χ1n) is 13.0. The van der Waals surface area contributed by atoms with Gasteiger partial charge in [-0.1, -0.05) is 12.1 Å². The molecule has 2 heterocycles. The summed E-state index contributed by atoms with van der Waals surface area (Å²) < 4.78 is 5.69. The van der Waals surface area contributed by atoms with E-state index >= 15 is 0 Å². The van der Waals surface area contributed by atoms with E-state index in [2.05, 4.69) is 29.8 Å². The quantitative estimate of drug-likeness (QED) is 0.281. The van der Waals surface area contributed by atoms with E-state index in [1.54, 1.807) is 7.11 Å². The van der Waals surface area contributed by atoms with Crippen molar-refractivity contribution in [3.63, 3.8) is 0 Å². The molecule has 0 amide bonds. The molecule has 2 saturated heterocycles. The molecular weight excluding hydrogens is 438 g/mol. The number of ether oxygens (including phenoxy) is 1. The second-order valence-corrected chi connectivity index (χ2v) is 10.6. The van der Waals surface area contributed by atoms with Crippen LogP contribution in [0.4, 0.5) is 0 Å². The van der Waals surface area contributed by atoms with Crippen LogP contribution >= 0.6 is 0 Å². The molecule has 1 aromatic rings. The average molecular weight is 480 g/mol. The highest BCUT2D eigenvalue weighted by Gasteiger charge is 2.33. The van der Waals surface area contributed by atoms with Gasteiger partial charge in [-0.05, 0) is 97.0 Å². The van der Waals surface area contributed by atoms with Gasteiger partial charge in [-0.15, -0.1) is 0 Å². The van der Waals surface area contributed by atoms with E-state index in [1.165, 1.54) is 19.8 Å². The molecule has 0 radical (unpaired) electrons. The lowest BCUT2D eigenvalue weighted by atomic mass is 9.89. The molecule has 2 aliphatic rings. The van der Waals surface area contributed by atoms with Crippen LogP contribution in [0.15, 0.2) is 23.8 Å². The third kappa shape index (κ3) is 6.80. The normalized spacial score (nSPS) is 19.7. The minimum Gasteiger partial charge on any atom is -0.378 e. The van der Waals surface area contributed by atoms with Crippen molar-refractivity contribution in [3.05, 3.63) is 40.5 Å². The molecule has 0 aromatic heterocycles. The number of nitrogens with zero attached hydrogens (tertiary/aromatic N) is 3. The number of Topliss-reactive ketones (excluding diaryl/α,β-unsaturated/α-hetero) is 2. The number of carbonyl (C=O) groups excluding carboxylic acids is 2. The fourth-order valence-electron chi connectivity index (χ4n) is 5.27. The number of aryl methyl sites for hydroxylation is 1. The molecule has 35 heavy (non-hydrogen) atoms. The second-order valence-electron chi connectivity index (χ2n) is 10.6. The third-order valence-corrected chi connectivity index (χ3v) is 8.00. The van der Waals surface area contributed by atoms with E-state index in [-0.39, 0.29) is 22.7 Å². The Morgan fingerprint density at radius 3 is 2.40 bits per heavy atom. The van der Waals surface area contributed by atoms with Crippen LogP contribution in [0.2, 0.25) is 0 Å². The predicted octanol–water partition coefficient (Wildman–Crippen LogP) is 5.01. The number of piperidine rings is 2. The predicted molar refractivity (Wildman–Crippen MR) is 139 cm³/mol. The first-order valence-corrected chi connectivity index (χ1v) is 13.0. The summed E-state index contributed by atoms with van der Waals surface area (Å²) in [4.78, 5) is 30.1. The summed E-state index contributed by atoms with van der Waals surface area (Å²) in [5, 5.41) is 9.88. The van der Waals surface area contributed by atoms with Crippen LogP contribution in [0.1, 0.15) is 80.3 Å². The molecule has 6 heteroatoms. The lowest BCUT2D eigenvalue weighted by Crippen LogP contribution is -2.43. The van der Waals surface area contributed by atoms with E-state index in [0.717, 1.165) is 49.9 Å². The van der Waals surface area contributed by atoms with E-state index in [1.807, 2.05) is 25.1 Å². The fraction of sp³-hybridized carbons (Fsp3) is 0.621. The van der Waals surface area contributed by atoms with Gasteiger partial charge in [-0.2, -0.15) is 5.26 Å². The molecule has 3 rings (SSSR count). The topological polar surface area (TPSA) is 73.6 Å². The van der Waals surface area contributed by atoms with Crippen LogP contribution in [-0.4, -0.2) is 67.3 Å². The number of hydrogen-bond donors (Lipinski definition) is 0. The number of allylic oxidation sites excluding steroid dienone is 1. The van der Waals surface area contributed by atoms with Crippen molar-refractivity contribution in [2.24, 2.45) is 5.92 Å². The smallest absolute Gasteiger partial charge is 0.172 e. The summed E-state index contributed by atoms with van der Waals surface area (Å²) in [6.07, 6.45) is 6.56. The van der Waals surface area contributed by atoms with Crippen LogP contribution in [0.3, 0.4) is 0 Å². The molecule has 0 unspecified atom stereocenters. The van der Waals surface area contributed by atoms with Crippen molar-refractivity contribution in [2.75, 3.05) is 40.3 Å². The Hall–Kier alpha value is -2.49. The van der Waals surface area contributed by atoms with Gasteiger partial charge in [0.2, 0.25) is 0 Å². The van der Waals surface area contributed by atoms with E-state index < -0.39 is 0 Å². The number of carbonyl (C=O) groups is 2. The van der Waals surface area contributed by atoms with E-state index in [4.69, 9.17) is 4.74 Å². The van der Waals surface area contributed by atoms with Crippen LogP contribution in [-0.2, 0) is 9.53 Å². The maximum Gasteiger partial charge on any atom is 0.172 e. The molecule has 2 aliphatic heterocycles. The molecule has 2 fully saturated rings. The van der Waals surface area contributed by atoms with Gasteiger partial charge < -0.3 is 14.5 Å². The minimum atomic E-state index is -0.253. The highest BCUT2D eigenvalue weighted by Crippen LogP contribution is 2.34. The van der Waals surface area contributed by atoms with Crippen LogP contribution in [0.5, 0.6) is 0 Å². The molecule has 0 aliphatic carbocycles. The summed E-state index contributed by atoms with van der Waals surface area (Å²) in [5.41, 5.74) is 3.02. The number of rotatable bonds is 9. The van der Waals surface area contributed by atoms with Gasteiger partial charge in [0.05, 0.1) is 11.3 Å². The largest absolute Gasteiger partial charge is 0.378 e. The first kappa shape index (κ1) is 27.1. The average Bonchev–Trinajstić information content (AvgIpc) is 2.84. The maximum absolute atomic E-state index is 13.1. The Morgan fingerprint density at radius 1 is 1.17 bits per heavy atom. The zero-order chi connectivity index (χ0) is 25.6. The second kappa shape index (κ2) is 12.0. The molecule has 1 aromatic carbocycles. The molecule has 0 N–H and O–H groups in total. The Balaban J connectivity index is 1.81. The van der Waals surface area contributed by atoms with Gasteiger partial charge in [0.15, 0.2) is 11.6 Å². The summed E-state index contributed by atoms with van der Waals surface area (Å²) in [6.45, 7) is 9.18. The zero-order valence-electron chi connectivity index (χ0n) is 22.2. The maximum atomic E-state index is 13.1. The van der Waals surface area contributed by atoms with Crippen LogP contribution < -0.4 is 0 Å². The van der Waals surface area contributed by atoms with Gasteiger partial charge >= 0.3 is 0 Å². The van der Waals surface area contributed by atoms with E-state index in [9.17, 15) is 14.9 Å².